The van der Waals surface area contributed by atoms with Crippen molar-refractivity contribution in [3.63, 3.8) is 0 Å². The van der Waals surface area contributed by atoms with Gasteiger partial charge in [-0.05, 0) is 57.0 Å². The van der Waals surface area contributed by atoms with E-state index in [9.17, 15) is 19.5 Å². The van der Waals surface area contributed by atoms with Gasteiger partial charge in [0.2, 0.25) is 0 Å². The van der Waals surface area contributed by atoms with E-state index >= 15 is 0 Å². The summed E-state index contributed by atoms with van der Waals surface area (Å²) >= 11 is 0. The highest BCUT2D eigenvalue weighted by Crippen LogP contribution is 2.16. The van der Waals surface area contributed by atoms with E-state index in [0.717, 1.165) is 41.6 Å². The van der Waals surface area contributed by atoms with Crippen LogP contribution >= 0.6 is 0 Å². The summed E-state index contributed by atoms with van der Waals surface area (Å²) < 4.78 is 1.04. The van der Waals surface area contributed by atoms with E-state index in [-0.39, 0.29) is 17.8 Å². The molecule has 7 heteroatoms. The summed E-state index contributed by atoms with van der Waals surface area (Å²) in [5.41, 5.74) is 0.741. The van der Waals surface area contributed by atoms with Crippen molar-refractivity contribution in [1.82, 2.24) is 14.5 Å². The molecular formula is C18H21N3O4. The number of nitrogens with zero attached hydrogens (tertiary/aromatic N) is 2. The Kier molecular flexibility index (Phi) is 4.59. The van der Waals surface area contributed by atoms with Gasteiger partial charge in [-0.15, -0.1) is 0 Å². The van der Waals surface area contributed by atoms with Gasteiger partial charge in [0.15, 0.2) is 0 Å². The van der Waals surface area contributed by atoms with Crippen LogP contribution < -0.4 is 11.2 Å². The average molecular weight is 343 g/mol. The Hall–Kier alpha value is -2.67. The quantitative estimate of drug-likeness (QED) is 0.876. The number of hydrogen-bond acceptors (Lipinski definition) is 4. The van der Waals surface area contributed by atoms with Crippen LogP contribution in [0.2, 0.25) is 0 Å². The molecule has 0 atom stereocenters. The number of H-pyrrole nitrogens is 1. The van der Waals surface area contributed by atoms with Crippen molar-refractivity contribution in [1.29, 1.82) is 0 Å². The van der Waals surface area contributed by atoms with Crippen molar-refractivity contribution in [2.24, 2.45) is 0 Å². The lowest BCUT2D eigenvalue weighted by molar-refractivity contribution is 0.0687. The minimum atomic E-state index is -1.29. The highest BCUT2D eigenvalue weighted by atomic mass is 16.4. The van der Waals surface area contributed by atoms with Gasteiger partial charge < -0.3 is 10.1 Å². The first kappa shape index (κ1) is 17.2. The first-order valence-corrected chi connectivity index (χ1v) is 8.30. The van der Waals surface area contributed by atoms with Crippen molar-refractivity contribution in [2.75, 3.05) is 13.1 Å². The van der Waals surface area contributed by atoms with Crippen LogP contribution in [0.5, 0.6) is 0 Å². The normalized spacial score (nSPS) is 14.8. The molecule has 0 amide bonds. The number of hydrogen-bond donors (Lipinski definition) is 2. The SMILES string of the molecule is Cc1cccc(-n2c(=O)[nH]c(C(=O)O)c(CN3CCCC3)c2=O)c1C. The summed E-state index contributed by atoms with van der Waals surface area (Å²) in [6.07, 6.45) is 2.05. The molecule has 1 aromatic heterocycles. The Labute approximate surface area is 144 Å². The van der Waals surface area contributed by atoms with Crippen molar-refractivity contribution in [3.8, 4) is 5.69 Å². The molecule has 1 aliphatic heterocycles. The molecule has 7 nitrogen and oxygen atoms in total. The minimum absolute atomic E-state index is 0.120. The third kappa shape index (κ3) is 3.15. The summed E-state index contributed by atoms with van der Waals surface area (Å²) in [4.78, 5) is 41.4. The topological polar surface area (TPSA) is 95.4 Å². The number of carboxylic acid groups (broad SMARTS) is 1. The van der Waals surface area contributed by atoms with Crippen LogP contribution in [0, 0.1) is 13.8 Å². The maximum atomic E-state index is 13.0. The predicted octanol–water partition coefficient (Wildman–Crippen LogP) is 1.44. The number of aromatic carboxylic acids is 1. The third-order valence-corrected chi connectivity index (χ3v) is 4.81. The molecule has 0 saturated carbocycles. The maximum absolute atomic E-state index is 13.0. The molecule has 2 aromatic rings. The molecule has 132 valence electrons. The monoisotopic (exact) mass is 343 g/mol. The van der Waals surface area contributed by atoms with Crippen LogP contribution in [0.15, 0.2) is 27.8 Å². The smallest absolute Gasteiger partial charge is 0.352 e. The molecule has 1 aromatic carbocycles. The van der Waals surface area contributed by atoms with Crippen molar-refractivity contribution in [2.45, 2.75) is 33.2 Å². The summed E-state index contributed by atoms with van der Waals surface area (Å²) in [6, 6.07) is 5.36. The van der Waals surface area contributed by atoms with Gasteiger partial charge in [-0.1, -0.05) is 12.1 Å². The zero-order chi connectivity index (χ0) is 18.1. The third-order valence-electron chi connectivity index (χ3n) is 4.81. The molecule has 3 rings (SSSR count). The van der Waals surface area contributed by atoms with Crippen molar-refractivity contribution >= 4 is 5.97 Å². The summed E-state index contributed by atoms with van der Waals surface area (Å²) in [5, 5.41) is 9.41. The van der Waals surface area contributed by atoms with E-state index in [0.29, 0.717) is 5.69 Å². The second-order valence-electron chi connectivity index (χ2n) is 6.43. The molecule has 0 bridgehead atoms. The Morgan fingerprint density at radius 1 is 1.20 bits per heavy atom. The van der Waals surface area contributed by atoms with Gasteiger partial charge in [0, 0.05) is 6.54 Å². The number of aromatic nitrogens is 2. The Balaban J connectivity index is 2.23. The fourth-order valence-electron chi connectivity index (χ4n) is 3.26. The lowest BCUT2D eigenvalue weighted by Crippen LogP contribution is -2.40. The Morgan fingerprint density at radius 2 is 1.88 bits per heavy atom. The molecule has 1 fully saturated rings. The molecule has 2 heterocycles. The number of carbonyl (C=O) groups is 1. The van der Waals surface area contributed by atoms with Gasteiger partial charge in [-0.2, -0.15) is 0 Å². The molecule has 1 aliphatic rings. The van der Waals surface area contributed by atoms with E-state index in [1.807, 2.05) is 24.8 Å². The van der Waals surface area contributed by atoms with E-state index in [2.05, 4.69) is 4.98 Å². The lowest BCUT2D eigenvalue weighted by Gasteiger charge is -2.17. The standard InChI is InChI=1S/C18H21N3O4/c1-11-6-5-7-14(12(11)2)21-16(22)13(10-20-8-3-4-9-20)15(17(23)24)19-18(21)25/h5-7H,3-4,8-10H2,1-2H3,(H,19,25)(H,23,24). The van der Waals surface area contributed by atoms with E-state index in [1.165, 1.54) is 0 Å². The van der Waals surface area contributed by atoms with Crippen LogP contribution in [0.4, 0.5) is 0 Å². The van der Waals surface area contributed by atoms with Gasteiger partial charge >= 0.3 is 11.7 Å². The number of nitrogens with one attached hydrogen (secondary N) is 1. The highest BCUT2D eigenvalue weighted by molar-refractivity contribution is 5.86. The Morgan fingerprint density at radius 3 is 2.52 bits per heavy atom. The van der Waals surface area contributed by atoms with E-state index in [1.54, 1.807) is 12.1 Å². The van der Waals surface area contributed by atoms with Gasteiger partial charge in [0.1, 0.15) is 5.69 Å². The number of benzene rings is 1. The second kappa shape index (κ2) is 6.68. The van der Waals surface area contributed by atoms with Crippen LogP contribution in [0.3, 0.4) is 0 Å². The number of carboxylic acids is 1. The summed E-state index contributed by atoms with van der Waals surface area (Å²) in [6.45, 7) is 5.60. The van der Waals surface area contributed by atoms with Crippen LogP contribution in [-0.4, -0.2) is 38.6 Å². The highest BCUT2D eigenvalue weighted by Gasteiger charge is 2.23. The van der Waals surface area contributed by atoms with Gasteiger partial charge in [-0.3, -0.25) is 9.69 Å². The van der Waals surface area contributed by atoms with Crippen molar-refractivity contribution in [3.05, 3.63) is 61.4 Å². The molecule has 0 aliphatic carbocycles. The zero-order valence-corrected chi connectivity index (χ0v) is 14.3. The maximum Gasteiger partial charge on any atom is 0.352 e. The average Bonchev–Trinajstić information content (AvgIpc) is 3.06. The molecule has 25 heavy (non-hydrogen) atoms. The molecule has 0 radical (unpaired) electrons. The van der Waals surface area contributed by atoms with E-state index < -0.39 is 17.2 Å². The fraction of sp³-hybridized carbons (Fsp3) is 0.389. The first-order chi connectivity index (χ1) is 11.9. The van der Waals surface area contributed by atoms with E-state index in [4.69, 9.17) is 0 Å². The largest absolute Gasteiger partial charge is 0.477 e. The lowest BCUT2D eigenvalue weighted by atomic mass is 10.1. The van der Waals surface area contributed by atoms with Crippen LogP contribution in [0.25, 0.3) is 5.69 Å². The first-order valence-electron chi connectivity index (χ1n) is 8.30. The zero-order valence-electron chi connectivity index (χ0n) is 14.3. The fourth-order valence-corrected chi connectivity index (χ4v) is 3.26. The number of aromatic amines is 1. The summed E-state index contributed by atoms with van der Waals surface area (Å²) in [7, 11) is 0. The summed E-state index contributed by atoms with van der Waals surface area (Å²) in [5.74, 6) is -1.29. The predicted molar refractivity (Wildman–Crippen MR) is 93.6 cm³/mol. The minimum Gasteiger partial charge on any atom is -0.477 e. The van der Waals surface area contributed by atoms with Gasteiger partial charge in [0.25, 0.3) is 5.56 Å². The number of likely N-dealkylation sites (tertiary alicyclic amines) is 1. The number of rotatable bonds is 4. The van der Waals surface area contributed by atoms with Crippen LogP contribution in [-0.2, 0) is 6.54 Å². The Bertz CT molecular complexity index is 936. The van der Waals surface area contributed by atoms with Crippen molar-refractivity contribution < 1.29 is 9.90 Å². The second-order valence-corrected chi connectivity index (χ2v) is 6.43. The molecule has 0 spiro atoms. The molecule has 0 unspecified atom stereocenters. The molecule has 2 N–H and O–H groups in total. The van der Waals surface area contributed by atoms with Gasteiger partial charge in [-0.25, -0.2) is 14.2 Å². The van der Waals surface area contributed by atoms with Crippen LogP contribution in [0.1, 0.15) is 40.0 Å². The molecule has 1 saturated heterocycles. The molecular weight excluding hydrogens is 322 g/mol. The van der Waals surface area contributed by atoms with Gasteiger partial charge in [0.05, 0.1) is 11.3 Å². The number of aryl methyl sites for hydroxylation is 1.